The van der Waals surface area contributed by atoms with Crippen molar-refractivity contribution in [2.75, 3.05) is 12.4 Å². The first-order valence-electron chi connectivity index (χ1n) is 8.05. The SMILES string of the molecule is C=C1c2ccccc2C(=O)N1[C@H](C)C(=O)Nc1ccc(C(=O)OC)cc1. The highest BCUT2D eigenvalue weighted by atomic mass is 16.5. The van der Waals surface area contributed by atoms with Crippen LogP contribution in [-0.2, 0) is 9.53 Å². The molecule has 1 N–H and O–H groups in total. The molecule has 1 aliphatic rings. The smallest absolute Gasteiger partial charge is 0.337 e. The van der Waals surface area contributed by atoms with Gasteiger partial charge in [0.05, 0.1) is 12.7 Å². The summed E-state index contributed by atoms with van der Waals surface area (Å²) >= 11 is 0. The minimum Gasteiger partial charge on any atom is -0.465 e. The molecule has 0 saturated carbocycles. The van der Waals surface area contributed by atoms with E-state index in [2.05, 4.69) is 16.6 Å². The predicted octanol–water partition coefficient (Wildman–Crippen LogP) is 2.93. The number of methoxy groups -OCH3 is 1. The lowest BCUT2D eigenvalue weighted by Gasteiger charge is -2.24. The number of ether oxygens (including phenoxy) is 1. The third-order valence-electron chi connectivity index (χ3n) is 4.32. The van der Waals surface area contributed by atoms with Gasteiger partial charge in [0.1, 0.15) is 6.04 Å². The number of rotatable bonds is 4. The van der Waals surface area contributed by atoms with Crippen molar-refractivity contribution in [3.63, 3.8) is 0 Å². The maximum atomic E-state index is 12.6. The lowest BCUT2D eigenvalue weighted by molar-refractivity contribution is -0.119. The zero-order valence-corrected chi connectivity index (χ0v) is 14.5. The Hall–Kier alpha value is -3.41. The highest BCUT2D eigenvalue weighted by molar-refractivity contribution is 6.11. The number of nitrogens with one attached hydrogen (secondary N) is 1. The number of amides is 2. The molecule has 26 heavy (non-hydrogen) atoms. The fourth-order valence-electron chi connectivity index (χ4n) is 2.88. The van der Waals surface area contributed by atoms with Gasteiger partial charge in [-0.1, -0.05) is 24.8 Å². The molecule has 3 rings (SSSR count). The van der Waals surface area contributed by atoms with Crippen molar-refractivity contribution in [1.29, 1.82) is 0 Å². The van der Waals surface area contributed by atoms with Crippen LogP contribution < -0.4 is 5.32 Å². The number of esters is 1. The molecular formula is C20H18N2O4. The molecule has 1 heterocycles. The molecule has 6 heteroatoms. The van der Waals surface area contributed by atoms with Crippen LogP contribution in [0.25, 0.3) is 5.70 Å². The second kappa shape index (κ2) is 6.84. The second-order valence-corrected chi connectivity index (χ2v) is 5.90. The summed E-state index contributed by atoms with van der Waals surface area (Å²) in [6.45, 7) is 5.60. The number of carbonyl (C=O) groups is 3. The molecule has 0 spiro atoms. The summed E-state index contributed by atoms with van der Waals surface area (Å²) in [6, 6.07) is 12.7. The van der Waals surface area contributed by atoms with Gasteiger partial charge in [0.15, 0.2) is 0 Å². The Labute approximate surface area is 151 Å². The van der Waals surface area contributed by atoms with Gasteiger partial charge in [-0.25, -0.2) is 4.79 Å². The van der Waals surface area contributed by atoms with Crippen LogP contribution in [0, 0.1) is 0 Å². The first-order valence-corrected chi connectivity index (χ1v) is 8.05. The van der Waals surface area contributed by atoms with Crippen molar-refractivity contribution >= 4 is 29.2 Å². The predicted molar refractivity (Wildman–Crippen MR) is 97.5 cm³/mol. The zero-order chi connectivity index (χ0) is 18.8. The van der Waals surface area contributed by atoms with Gasteiger partial charge in [0.25, 0.3) is 5.91 Å². The largest absolute Gasteiger partial charge is 0.465 e. The van der Waals surface area contributed by atoms with Crippen molar-refractivity contribution < 1.29 is 19.1 Å². The van der Waals surface area contributed by atoms with E-state index in [0.29, 0.717) is 22.5 Å². The molecule has 0 radical (unpaired) electrons. The van der Waals surface area contributed by atoms with E-state index in [1.165, 1.54) is 12.0 Å². The zero-order valence-electron chi connectivity index (χ0n) is 14.5. The van der Waals surface area contributed by atoms with Gasteiger partial charge in [-0.2, -0.15) is 0 Å². The summed E-state index contributed by atoms with van der Waals surface area (Å²) in [5, 5.41) is 2.74. The Morgan fingerprint density at radius 1 is 1.08 bits per heavy atom. The van der Waals surface area contributed by atoms with E-state index in [1.807, 2.05) is 12.1 Å². The van der Waals surface area contributed by atoms with E-state index in [1.54, 1.807) is 43.3 Å². The fourth-order valence-corrected chi connectivity index (χ4v) is 2.88. The highest BCUT2D eigenvalue weighted by Gasteiger charge is 2.36. The standard InChI is InChI=1S/C20H18N2O4/c1-12-16-6-4-5-7-17(16)19(24)22(12)13(2)18(23)21-15-10-8-14(9-11-15)20(25)26-3/h4-11,13H,1H2,2-3H3,(H,21,23)/t13-/m1/s1. The van der Waals surface area contributed by atoms with E-state index in [0.717, 1.165) is 5.56 Å². The van der Waals surface area contributed by atoms with E-state index < -0.39 is 12.0 Å². The molecule has 132 valence electrons. The number of fused-ring (bicyclic) bond motifs is 1. The van der Waals surface area contributed by atoms with Crippen LogP contribution in [0.4, 0.5) is 5.69 Å². The van der Waals surface area contributed by atoms with E-state index in [4.69, 9.17) is 0 Å². The van der Waals surface area contributed by atoms with Crippen LogP contribution in [-0.4, -0.2) is 35.8 Å². The molecule has 0 bridgehead atoms. The van der Waals surface area contributed by atoms with Gasteiger partial charge in [0, 0.05) is 22.5 Å². The van der Waals surface area contributed by atoms with Gasteiger partial charge < -0.3 is 10.1 Å². The van der Waals surface area contributed by atoms with E-state index in [-0.39, 0.29) is 11.8 Å². The van der Waals surface area contributed by atoms with Gasteiger partial charge in [-0.05, 0) is 37.3 Å². The van der Waals surface area contributed by atoms with Crippen molar-refractivity contribution in [3.8, 4) is 0 Å². The van der Waals surface area contributed by atoms with Crippen LogP contribution in [0.2, 0.25) is 0 Å². The van der Waals surface area contributed by atoms with Crippen LogP contribution in [0.1, 0.15) is 33.2 Å². The molecule has 0 aromatic heterocycles. The average molecular weight is 350 g/mol. The molecule has 0 saturated heterocycles. The summed E-state index contributed by atoms with van der Waals surface area (Å²) in [5.74, 6) is -1.04. The normalized spacial score (nSPS) is 14.0. The molecule has 2 aromatic carbocycles. The number of anilines is 1. The van der Waals surface area contributed by atoms with Crippen molar-refractivity contribution in [3.05, 3.63) is 71.8 Å². The second-order valence-electron chi connectivity index (χ2n) is 5.90. The summed E-state index contributed by atoms with van der Waals surface area (Å²) in [6.07, 6.45) is 0. The molecule has 0 unspecified atom stereocenters. The molecule has 0 fully saturated rings. The van der Waals surface area contributed by atoms with Crippen LogP contribution in [0.3, 0.4) is 0 Å². The maximum Gasteiger partial charge on any atom is 0.337 e. The van der Waals surface area contributed by atoms with Crippen molar-refractivity contribution in [2.24, 2.45) is 0 Å². The molecule has 2 amide bonds. The number of carbonyl (C=O) groups excluding carboxylic acids is 3. The Morgan fingerprint density at radius 2 is 1.69 bits per heavy atom. The van der Waals surface area contributed by atoms with Crippen LogP contribution >= 0.6 is 0 Å². The van der Waals surface area contributed by atoms with Crippen molar-refractivity contribution in [1.82, 2.24) is 4.90 Å². The van der Waals surface area contributed by atoms with Crippen molar-refractivity contribution in [2.45, 2.75) is 13.0 Å². The summed E-state index contributed by atoms with van der Waals surface area (Å²) in [7, 11) is 1.30. The minimum atomic E-state index is -0.734. The van der Waals surface area contributed by atoms with Gasteiger partial charge in [0.2, 0.25) is 5.91 Å². The average Bonchev–Trinajstić information content (AvgIpc) is 2.92. The Bertz CT molecular complexity index is 867. The summed E-state index contributed by atoms with van der Waals surface area (Å²) < 4.78 is 4.64. The highest BCUT2D eigenvalue weighted by Crippen LogP contribution is 2.33. The van der Waals surface area contributed by atoms with Gasteiger partial charge >= 0.3 is 5.97 Å². The third kappa shape index (κ3) is 2.97. The lowest BCUT2D eigenvalue weighted by atomic mass is 10.1. The number of benzene rings is 2. The van der Waals surface area contributed by atoms with Gasteiger partial charge in [-0.15, -0.1) is 0 Å². The quantitative estimate of drug-likeness (QED) is 0.860. The fraction of sp³-hybridized carbons (Fsp3) is 0.150. The summed E-state index contributed by atoms with van der Waals surface area (Å²) in [5.41, 5.74) is 2.69. The number of hydrogen-bond donors (Lipinski definition) is 1. The Morgan fingerprint density at radius 3 is 2.27 bits per heavy atom. The van der Waals surface area contributed by atoms with Crippen LogP contribution in [0.5, 0.6) is 0 Å². The molecule has 1 aliphatic heterocycles. The number of nitrogens with zero attached hydrogens (tertiary/aromatic N) is 1. The molecular weight excluding hydrogens is 332 g/mol. The Balaban J connectivity index is 1.74. The number of hydrogen-bond acceptors (Lipinski definition) is 4. The summed E-state index contributed by atoms with van der Waals surface area (Å²) in [4.78, 5) is 38.0. The monoisotopic (exact) mass is 350 g/mol. The lowest BCUT2D eigenvalue weighted by Crippen LogP contribution is -2.41. The molecule has 1 atom stereocenters. The molecule has 2 aromatic rings. The van der Waals surface area contributed by atoms with E-state index >= 15 is 0 Å². The maximum absolute atomic E-state index is 12.6. The van der Waals surface area contributed by atoms with Crippen LogP contribution in [0.15, 0.2) is 55.1 Å². The topological polar surface area (TPSA) is 75.7 Å². The third-order valence-corrected chi connectivity index (χ3v) is 4.32. The Kier molecular flexibility index (Phi) is 4.58. The minimum absolute atomic E-state index is 0.241. The first-order chi connectivity index (χ1) is 12.4. The molecule has 0 aliphatic carbocycles. The van der Waals surface area contributed by atoms with Gasteiger partial charge in [-0.3, -0.25) is 14.5 Å². The molecule has 6 nitrogen and oxygen atoms in total. The first kappa shape index (κ1) is 17.4. The van der Waals surface area contributed by atoms with E-state index in [9.17, 15) is 14.4 Å².